The molecule has 0 aromatic carbocycles. The van der Waals surface area contributed by atoms with Crippen molar-refractivity contribution in [3.63, 3.8) is 0 Å². The Balaban J connectivity index is 1.88. The molecule has 7 nitrogen and oxygen atoms in total. The first kappa shape index (κ1) is 18.3. The van der Waals surface area contributed by atoms with Gasteiger partial charge in [0, 0.05) is 11.4 Å². The van der Waals surface area contributed by atoms with Crippen LogP contribution in [0.4, 0.5) is 5.00 Å². The van der Waals surface area contributed by atoms with E-state index < -0.39 is 22.0 Å². The number of thiophene rings is 1. The number of sulfonamides is 1. The Morgan fingerprint density at radius 1 is 1.20 bits per heavy atom. The first-order valence-corrected chi connectivity index (χ1v) is 11.2. The number of hydrogen-bond acceptors (Lipinski definition) is 5. The van der Waals surface area contributed by atoms with Gasteiger partial charge in [0.15, 0.2) is 0 Å². The topological polar surface area (TPSA) is 110 Å². The van der Waals surface area contributed by atoms with Crippen LogP contribution in [0.2, 0.25) is 0 Å². The summed E-state index contributed by atoms with van der Waals surface area (Å²) in [5.74, 6) is -0.926. The number of piperidine rings is 1. The summed E-state index contributed by atoms with van der Waals surface area (Å²) in [6.07, 6.45) is 6.89. The molecule has 2 amide bonds. The molecule has 0 saturated carbocycles. The van der Waals surface area contributed by atoms with Crippen LogP contribution >= 0.6 is 11.3 Å². The van der Waals surface area contributed by atoms with Gasteiger partial charge in [-0.1, -0.05) is 6.42 Å². The molecule has 25 heavy (non-hydrogen) atoms. The second-order valence-electron chi connectivity index (χ2n) is 6.65. The monoisotopic (exact) mass is 385 g/mol. The van der Waals surface area contributed by atoms with Crippen molar-refractivity contribution in [3.8, 4) is 0 Å². The molecule has 0 radical (unpaired) electrons. The lowest BCUT2D eigenvalue weighted by Gasteiger charge is -2.32. The average Bonchev–Trinajstić information content (AvgIpc) is 2.92. The van der Waals surface area contributed by atoms with Crippen LogP contribution in [-0.4, -0.2) is 43.4 Å². The first-order chi connectivity index (χ1) is 11.8. The largest absolute Gasteiger partial charge is 0.365 e. The SMILES string of the molecule is CS(=O)(=O)N1CCCCC1C(=O)Nc1sc2c(c1C(N)=O)CCCC2. The molecule has 3 N–H and O–H groups in total. The van der Waals surface area contributed by atoms with Crippen LogP contribution in [0.25, 0.3) is 0 Å². The van der Waals surface area contributed by atoms with E-state index in [1.54, 1.807) is 0 Å². The van der Waals surface area contributed by atoms with Gasteiger partial charge in [-0.15, -0.1) is 11.3 Å². The summed E-state index contributed by atoms with van der Waals surface area (Å²) in [7, 11) is -3.46. The highest BCUT2D eigenvalue weighted by molar-refractivity contribution is 7.88. The molecule has 1 atom stereocenters. The molecule has 1 aliphatic carbocycles. The zero-order chi connectivity index (χ0) is 18.2. The molecule has 1 aromatic rings. The molecule has 1 saturated heterocycles. The molecule has 1 aromatic heterocycles. The van der Waals surface area contributed by atoms with Crippen LogP contribution in [-0.2, 0) is 27.7 Å². The van der Waals surface area contributed by atoms with Crippen molar-refractivity contribution in [2.45, 2.75) is 51.0 Å². The van der Waals surface area contributed by atoms with E-state index in [2.05, 4.69) is 5.32 Å². The summed E-state index contributed by atoms with van der Waals surface area (Å²) in [6, 6.07) is -0.733. The van der Waals surface area contributed by atoms with Gasteiger partial charge in [-0.05, 0) is 44.1 Å². The Hall–Kier alpha value is -1.45. The Morgan fingerprint density at radius 3 is 2.60 bits per heavy atom. The van der Waals surface area contributed by atoms with Crippen LogP contribution < -0.4 is 11.1 Å². The fourth-order valence-corrected chi connectivity index (χ4v) is 6.10. The number of carbonyl (C=O) groups excluding carboxylic acids is 2. The van der Waals surface area contributed by atoms with E-state index in [-0.39, 0.29) is 5.91 Å². The maximum Gasteiger partial charge on any atom is 0.251 e. The van der Waals surface area contributed by atoms with Gasteiger partial charge in [0.25, 0.3) is 5.91 Å². The number of nitrogens with one attached hydrogen (secondary N) is 1. The van der Waals surface area contributed by atoms with Gasteiger partial charge in [0.1, 0.15) is 11.0 Å². The van der Waals surface area contributed by atoms with Gasteiger partial charge in [0.2, 0.25) is 15.9 Å². The summed E-state index contributed by atoms with van der Waals surface area (Å²) in [5.41, 5.74) is 6.89. The summed E-state index contributed by atoms with van der Waals surface area (Å²) >= 11 is 1.39. The molecule has 1 unspecified atom stereocenters. The molecule has 2 heterocycles. The number of nitrogens with zero attached hydrogens (tertiary/aromatic N) is 1. The number of carbonyl (C=O) groups is 2. The fraction of sp³-hybridized carbons (Fsp3) is 0.625. The third kappa shape index (κ3) is 3.73. The van der Waals surface area contributed by atoms with Gasteiger partial charge in [-0.3, -0.25) is 9.59 Å². The zero-order valence-electron chi connectivity index (χ0n) is 14.2. The van der Waals surface area contributed by atoms with Crippen molar-refractivity contribution in [1.82, 2.24) is 4.31 Å². The van der Waals surface area contributed by atoms with Crippen LogP contribution in [0.3, 0.4) is 0 Å². The van der Waals surface area contributed by atoms with E-state index in [0.29, 0.717) is 23.5 Å². The van der Waals surface area contributed by atoms with Crippen LogP contribution in [0, 0.1) is 0 Å². The van der Waals surface area contributed by atoms with Gasteiger partial charge >= 0.3 is 0 Å². The molecule has 1 fully saturated rings. The number of anilines is 1. The Labute approximate surface area is 151 Å². The van der Waals surface area contributed by atoms with E-state index in [1.807, 2.05) is 0 Å². The molecular formula is C16H23N3O4S2. The number of fused-ring (bicyclic) bond motifs is 1. The maximum atomic E-state index is 12.7. The van der Waals surface area contributed by atoms with Crippen molar-refractivity contribution >= 4 is 38.2 Å². The minimum Gasteiger partial charge on any atom is -0.365 e. The lowest BCUT2D eigenvalue weighted by molar-refractivity contribution is -0.120. The van der Waals surface area contributed by atoms with Gasteiger partial charge in [-0.25, -0.2) is 8.42 Å². The van der Waals surface area contributed by atoms with Crippen molar-refractivity contribution in [2.75, 3.05) is 18.1 Å². The second-order valence-corrected chi connectivity index (χ2v) is 9.69. The predicted octanol–water partition coefficient (Wildman–Crippen LogP) is 1.48. The molecule has 3 rings (SSSR count). The molecule has 0 spiro atoms. The molecule has 0 bridgehead atoms. The lowest BCUT2D eigenvalue weighted by atomic mass is 9.95. The van der Waals surface area contributed by atoms with E-state index in [9.17, 15) is 18.0 Å². The van der Waals surface area contributed by atoms with Crippen LogP contribution in [0.5, 0.6) is 0 Å². The summed E-state index contributed by atoms with van der Waals surface area (Å²) in [5, 5.41) is 3.26. The van der Waals surface area contributed by atoms with E-state index in [1.165, 1.54) is 15.6 Å². The van der Waals surface area contributed by atoms with Crippen molar-refractivity contribution < 1.29 is 18.0 Å². The molecule has 138 valence electrons. The minimum atomic E-state index is -3.46. The summed E-state index contributed by atoms with van der Waals surface area (Å²) < 4.78 is 25.2. The quantitative estimate of drug-likeness (QED) is 0.818. The minimum absolute atomic E-state index is 0.348. The van der Waals surface area contributed by atoms with E-state index in [0.717, 1.165) is 55.2 Å². The van der Waals surface area contributed by atoms with Crippen LogP contribution in [0.1, 0.15) is 52.9 Å². The fourth-order valence-electron chi connectivity index (χ4n) is 3.67. The van der Waals surface area contributed by atoms with Gasteiger partial charge in [0.05, 0.1) is 11.8 Å². The van der Waals surface area contributed by atoms with E-state index >= 15 is 0 Å². The first-order valence-electron chi connectivity index (χ1n) is 8.51. The zero-order valence-corrected chi connectivity index (χ0v) is 15.8. The number of amides is 2. The normalized spacial score (nSPS) is 21.6. The number of rotatable bonds is 4. The lowest BCUT2D eigenvalue weighted by Crippen LogP contribution is -2.49. The third-order valence-corrected chi connectivity index (χ3v) is 7.33. The standard InChI is InChI=1S/C16H23N3O4S2/c1-25(22,23)19-9-5-4-7-11(19)15(21)18-16-13(14(17)20)10-6-2-3-8-12(10)24-16/h11H,2-9H2,1H3,(H2,17,20)(H,18,21). The van der Waals surface area contributed by atoms with E-state index in [4.69, 9.17) is 5.73 Å². The number of nitrogens with two attached hydrogens (primary N) is 1. The molecular weight excluding hydrogens is 362 g/mol. The molecule has 9 heteroatoms. The Bertz CT molecular complexity index is 801. The van der Waals surface area contributed by atoms with Gasteiger partial charge in [-0.2, -0.15) is 4.31 Å². The third-order valence-electron chi connectivity index (χ3n) is 4.84. The predicted molar refractivity (Wildman–Crippen MR) is 97.3 cm³/mol. The smallest absolute Gasteiger partial charge is 0.251 e. The summed E-state index contributed by atoms with van der Waals surface area (Å²) in [4.78, 5) is 25.8. The molecule has 1 aliphatic heterocycles. The number of aryl methyl sites for hydroxylation is 1. The average molecular weight is 386 g/mol. The maximum absolute atomic E-state index is 12.7. The Kier molecular flexibility index (Phi) is 5.17. The highest BCUT2D eigenvalue weighted by Crippen LogP contribution is 2.38. The van der Waals surface area contributed by atoms with Crippen LogP contribution in [0.15, 0.2) is 0 Å². The van der Waals surface area contributed by atoms with Gasteiger partial charge < -0.3 is 11.1 Å². The van der Waals surface area contributed by atoms with Crippen molar-refractivity contribution in [2.24, 2.45) is 5.73 Å². The number of primary amides is 1. The second kappa shape index (κ2) is 7.05. The summed E-state index contributed by atoms with van der Waals surface area (Å²) in [6.45, 7) is 0.348. The number of hydrogen-bond donors (Lipinski definition) is 2. The van der Waals surface area contributed by atoms with Crippen molar-refractivity contribution in [1.29, 1.82) is 0 Å². The Morgan fingerprint density at radius 2 is 1.92 bits per heavy atom. The highest BCUT2D eigenvalue weighted by atomic mass is 32.2. The molecule has 2 aliphatic rings. The highest BCUT2D eigenvalue weighted by Gasteiger charge is 2.35. The van der Waals surface area contributed by atoms with Crippen molar-refractivity contribution in [3.05, 3.63) is 16.0 Å².